The van der Waals surface area contributed by atoms with Crippen LogP contribution in [0.1, 0.15) is 36.0 Å². The summed E-state index contributed by atoms with van der Waals surface area (Å²) in [6.45, 7) is 6.31. The van der Waals surface area contributed by atoms with E-state index in [0.717, 1.165) is 18.8 Å². The number of ketones is 1. The molecule has 2 aromatic rings. The Bertz CT molecular complexity index is 1000. The van der Waals surface area contributed by atoms with Gasteiger partial charge in [-0.3, -0.25) is 9.59 Å². The Labute approximate surface area is 188 Å². The van der Waals surface area contributed by atoms with Crippen molar-refractivity contribution in [3.05, 3.63) is 54.6 Å². The van der Waals surface area contributed by atoms with E-state index in [2.05, 4.69) is 33.9 Å². The molecule has 0 aliphatic carbocycles. The number of primary amides is 1. The van der Waals surface area contributed by atoms with Gasteiger partial charge in [-0.1, -0.05) is 6.58 Å². The molecule has 2 atom stereocenters. The normalized spacial score (nSPS) is 20.8. The molecule has 8 heteroatoms. The molecule has 2 saturated heterocycles. The van der Waals surface area contributed by atoms with Crippen molar-refractivity contribution in [1.82, 2.24) is 4.98 Å². The van der Waals surface area contributed by atoms with Crippen LogP contribution in [0.15, 0.2) is 49.1 Å². The minimum atomic E-state index is -0.568. The van der Waals surface area contributed by atoms with Gasteiger partial charge in [0.2, 0.25) is 0 Å². The number of anilines is 4. The van der Waals surface area contributed by atoms with Crippen molar-refractivity contribution in [2.24, 2.45) is 17.4 Å². The van der Waals surface area contributed by atoms with Gasteiger partial charge in [-0.15, -0.1) is 0 Å². The number of allylic oxidation sites excluding steroid dienone is 1. The second kappa shape index (κ2) is 9.40. The highest BCUT2D eigenvalue weighted by Gasteiger charge is 2.36. The Balaban J connectivity index is 1.56. The van der Waals surface area contributed by atoms with E-state index < -0.39 is 12.1 Å². The van der Waals surface area contributed by atoms with E-state index in [4.69, 9.17) is 11.5 Å². The first-order chi connectivity index (χ1) is 15.5. The van der Waals surface area contributed by atoms with Crippen LogP contribution in [0.2, 0.25) is 0 Å². The summed E-state index contributed by atoms with van der Waals surface area (Å²) in [5.41, 5.74) is 14.2. The molecule has 2 unspecified atom stereocenters. The van der Waals surface area contributed by atoms with Crippen LogP contribution in [0, 0.1) is 5.92 Å². The maximum absolute atomic E-state index is 12.1. The summed E-state index contributed by atoms with van der Waals surface area (Å²) in [6, 6.07) is 11.5. The van der Waals surface area contributed by atoms with Gasteiger partial charge in [0, 0.05) is 31.0 Å². The number of hydrogen-bond donors (Lipinski definition) is 3. The molecule has 0 spiro atoms. The van der Waals surface area contributed by atoms with Crippen molar-refractivity contribution in [1.29, 1.82) is 0 Å². The zero-order valence-corrected chi connectivity index (χ0v) is 18.2. The Hall–Kier alpha value is -3.39. The van der Waals surface area contributed by atoms with Gasteiger partial charge in [0.15, 0.2) is 5.78 Å². The lowest BCUT2D eigenvalue weighted by molar-refractivity contribution is -0.118. The number of nitrogens with two attached hydrogens (primary N) is 2. The monoisotopic (exact) mass is 434 g/mol. The van der Waals surface area contributed by atoms with Gasteiger partial charge in [0.25, 0.3) is 5.91 Å². The van der Waals surface area contributed by atoms with E-state index >= 15 is 0 Å². The van der Waals surface area contributed by atoms with Crippen LogP contribution < -0.4 is 26.6 Å². The van der Waals surface area contributed by atoms with Crippen LogP contribution in [0.5, 0.6) is 0 Å². The number of nitrogens with zero attached hydrogens (tertiary/aromatic N) is 3. The molecule has 5 N–H and O–H groups in total. The van der Waals surface area contributed by atoms with Gasteiger partial charge in [0.1, 0.15) is 11.6 Å². The predicted octanol–water partition coefficient (Wildman–Crippen LogP) is 2.78. The number of rotatable bonds is 7. The minimum absolute atomic E-state index is 0.0686. The summed E-state index contributed by atoms with van der Waals surface area (Å²) in [5.74, 6) is 0.00685. The van der Waals surface area contributed by atoms with E-state index in [9.17, 15) is 9.59 Å². The van der Waals surface area contributed by atoms with E-state index in [1.54, 1.807) is 12.1 Å². The number of carbonyl (C=O) groups is 2. The fourth-order valence-electron chi connectivity index (χ4n) is 4.49. The molecule has 0 radical (unpaired) electrons. The van der Waals surface area contributed by atoms with Crippen molar-refractivity contribution < 1.29 is 9.59 Å². The largest absolute Gasteiger partial charge is 0.372 e. The highest BCUT2D eigenvalue weighted by atomic mass is 16.1. The molecular formula is C24H30N6O2. The van der Waals surface area contributed by atoms with Crippen LogP contribution in [-0.2, 0) is 4.79 Å². The molecule has 3 heterocycles. The Kier molecular flexibility index (Phi) is 6.41. The third kappa shape index (κ3) is 4.45. The lowest BCUT2D eigenvalue weighted by Crippen LogP contribution is -2.43. The maximum atomic E-state index is 12.1. The smallest absolute Gasteiger partial charge is 0.252 e. The first-order valence-electron chi connectivity index (χ1n) is 11.1. The zero-order chi connectivity index (χ0) is 22.7. The molecule has 1 aromatic heterocycles. The fourth-order valence-corrected chi connectivity index (χ4v) is 4.49. The number of carbonyl (C=O) groups excluding carboxylic acids is 2. The summed E-state index contributed by atoms with van der Waals surface area (Å²) in [5, 5.41) is 3.23. The van der Waals surface area contributed by atoms with Gasteiger partial charge < -0.3 is 26.6 Å². The fraction of sp³-hybridized carbons (Fsp3) is 0.375. The van der Waals surface area contributed by atoms with Crippen LogP contribution in [0.25, 0.3) is 0 Å². The Morgan fingerprint density at radius 1 is 1.06 bits per heavy atom. The van der Waals surface area contributed by atoms with Gasteiger partial charge in [0.05, 0.1) is 17.6 Å². The standard InChI is InChI=1S/C24H30N6O2/c1-2-20(31)18-12-15-30(22(18)25)21-11-10-19(23(26)32)24(28-21)27-16-6-8-17(9-7-16)29-13-4-3-5-14-29/h2,6-11,18,22H,1,3-5,12-15,25H2,(H2,26,32)(H,27,28). The van der Waals surface area contributed by atoms with Gasteiger partial charge in [-0.2, -0.15) is 0 Å². The predicted molar refractivity (Wildman–Crippen MR) is 127 cm³/mol. The van der Waals surface area contributed by atoms with Crippen LogP contribution >= 0.6 is 0 Å². The highest BCUT2D eigenvalue weighted by Crippen LogP contribution is 2.30. The van der Waals surface area contributed by atoms with Gasteiger partial charge in [-0.05, 0) is 68.2 Å². The number of benzene rings is 1. The molecule has 168 valence electrons. The van der Waals surface area contributed by atoms with E-state index in [-0.39, 0.29) is 11.7 Å². The Morgan fingerprint density at radius 3 is 2.44 bits per heavy atom. The molecule has 8 nitrogen and oxygen atoms in total. The van der Waals surface area contributed by atoms with Crippen molar-refractivity contribution in [3.63, 3.8) is 0 Å². The second-order valence-electron chi connectivity index (χ2n) is 8.34. The molecule has 32 heavy (non-hydrogen) atoms. The van der Waals surface area contributed by atoms with Crippen LogP contribution in [0.4, 0.5) is 23.0 Å². The average Bonchev–Trinajstić information content (AvgIpc) is 3.20. The third-order valence-corrected chi connectivity index (χ3v) is 6.31. The number of piperidine rings is 1. The maximum Gasteiger partial charge on any atom is 0.252 e. The molecule has 0 bridgehead atoms. The highest BCUT2D eigenvalue weighted by molar-refractivity contribution is 5.98. The number of hydrogen-bond acceptors (Lipinski definition) is 7. The van der Waals surface area contributed by atoms with E-state index in [1.165, 1.54) is 31.0 Å². The van der Waals surface area contributed by atoms with Crippen LogP contribution in [0.3, 0.4) is 0 Å². The summed E-state index contributed by atoms with van der Waals surface area (Å²) in [6.07, 6.45) is 5.18. The van der Waals surface area contributed by atoms with Crippen LogP contribution in [-0.4, -0.2) is 42.5 Å². The summed E-state index contributed by atoms with van der Waals surface area (Å²) in [7, 11) is 0. The first kappa shape index (κ1) is 21.8. The molecule has 2 aliphatic rings. The van der Waals surface area contributed by atoms with Gasteiger partial charge >= 0.3 is 0 Å². The van der Waals surface area contributed by atoms with Gasteiger partial charge in [-0.25, -0.2) is 4.98 Å². The quantitative estimate of drug-likeness (QED) is 0.574. The van der Waals surface area contributed by atoms with Crippen molar-refractivity contribution in [2.75, 3.05) is 34.8 Å². The summed E-state index contributed by atoms with van der Waals surface area (Å²) in [4.78, 5) is 33.0. The molecule has 4 rings (SSSR count). The molecule has 2 fully saturated rings. The zero-order valence-electron chi connectivity index (χ0n) is 18.2. The molecule has 0 saturated carbocycles. The lowest BCUT2D eigenvalue weighted by Gasteiger charge is -2.29. The SMILES string of the molecule is C=CC(=O)C1CCN(c2ccc(C(N)=O)c(Nc3ccc(N4CCCCC4)cc3)n2)C1N. The summed E-state index contributed by atoms with van der Waals surface area (Å²) < 4.78 is 0. The molecule has 1 aromatic carbocycles. The van der Waals surface area contributed by atoms with Crippen molar-refractivity contribution in [3.8, 4) is 0 Å². The molecule has 2 aliphatic heterocycles. The molecule has 1 amide bonds. The van der Waals surface area contributed by atoms with Crippen molar-refractivity contribution in [2.45, 2.75) is 31.8 Å². The number of amides is 1. The minimum Gasteiger partial charge on any atom is -0.372 e. The average molecular weight is 435 g/mol. The van der Waals surface area contributed by atoms with Crippen molar-refractivity contribution >= 4 is 34.7 Å². The second-order valence-corrected chi connectivity index (χ2v) is 8.34. The number of aromatic nitrogens is 1. The third-order valence-electron chi connectivity index (χ3n) is 6.31. The molecular weight excluding hydrogens is 404 g/mol. The first-order valence-corrected chi connectivity index (χ1v) is 11.1. The Morgan fingerprint density at radius 2 is 1.78 bits per heavy atom. The van der Waals surface area contributed by atoms with E-state index in [1.807, 2.05) is 17.0 Å². The van der Waals surface area contributed by atoms with E-state index in [0.29, 0.717) is 30.2 Å². The topological polar surface area (TPSA) is 118 Å². The summed E-state index contributed by atoms with van der Waals surface area (Å²) >= 11 is 0. The lowest BCUT2D eigenvalue weighted by atomic mass is 10.0. The number of pyridine rings is 1. The number of nitrogens with one attached hydrogen (secondary N) is 1.